The van der Waals surface area contributed by atoms with E-state index in [0.717, 1.165) is 55.6 Å². The molecule has 0 spiro atoms. The molecule has 2 heterocycles. The van der Waals surface area contributed by atoms with Crippen LogP contribution in [0, 0.1) is 13.8 Å². The number of hydrogen-bond acceptors (Lipinski definition) is 4. The van der Waals surface area contributed by atoms with Crippen LogP contribution in [0.5, 0.6) is 0 Å². The molecule has 0 bridgehead atoms. The Morgan fingerprint density at radius 1 is 1.15 bits per heavy atom. The monoisotopic (exact) mass is 376 g/mol. The van der Waals surface area contributed by atoms with E-state index in [1.807, 2.05) is 14.0 Å². The number of halogens is 1. The van der Waals surface area contributed by atoms with Crippen LogP contribution in [0.1, 0.15) is 28.8 Å². The molecular weight excluding hydrogens is 348 g/mol. The summed E-state index contributed by atoms with van der Waals surface area (Å²) >= 11 is 6.40. The molecule has 1 atom stereocenters. The second-order valence-electron chi connectivity index (χ2n) is 7.34. The second-order valence-corrected chi connectivity index (χ2v) is 7.69. The van der Waals surface area contributed by atoms with Crippen molar-refractivity contribution in [2.24, 2.45) is 7.05 Å². The molecule has 2 aromatic rings. The Morgan fingerprint density at radius 2 is 1.88 bits per heavy atom. The SMILES string of the molecule is Cc1ccc(CN2CCN(Cc3c(C)nn(C)c3Cl)CC2CCO)cc1. The molecule has 5 nitrogen and oxygen atoms in total. The largest absolute Gasteiger partial charge is 0.396 e. The lowest BCUT2D eigenvalue weighted by Crippen LogP contribution is -2.52. The maximum absolute atomic E-state index is 9.53. The van der Waals surface area contributed by atoms with Crippen molar-refractivity contribution in [2.75, 3.05) is 26.2 Å². The van der Waals surface area contributed by atoms with Crippen LogP contribution >= 0.6 is 11.6 Å². The standard InChI is InChI=1S/C20H29ClN4O/c1-15-4-6-17(7-5-15)12-25-10-9-24(13-18(25)8-11-26)14-19-16(2)22-23(3)20(19)21/h4-7,18,26H,8-14H2,1-3H3. The lowest BCUT2D eigenvalue weighted by molar-refractivity contribution is 0.0499. The zero-order chi connectivity index (χ0) is 18.7. The molecule has 0 saturated carbocycles. The molecule has 1 N–H and O–H groups in total. The van der Waals surface area contributed by atoms with Crippen LogP contribution in [-0.4, -0.2) is 57.0 Å². The number of aromatic nitrogens is 2. The van der Waals surface area contributed by atoms with Gasteiger partial charge in [-0.25, -0.2) is 0 Å². The molecular formula is C20H29ClN4O. The second kappa shape index (κ2) is 8.53. The molecule has 0 radical (unpaired) electrons. The smallest absolute Gasteiger partial charge is 0.131 e. The van der Waals surface area contributed by atoms with E-state index in [0.29, 0.717) is 6.04 Å². The van der Waals surface area contributed by atoms with Gasteiger partial charge < -0.3 is 5.11 Å². The molecule has 1 fully saturated rings. The van der Waals surface area contributed by atoms with Gasteiger partial charge in [0.2, 0.25) is 0 Å². The van der Waals surface area contributed by atoms with E-state index in [1.54, 1.807) is 4.68 Å². The molecule has 0 aliphatic carbocycles. The highest BCUT2D eigenvalue weighted by atomic mass is 35.5. The number of aliphatic hydroxyl groups excluding tert-OH is 1. The van der Waals surface area contributed by atoms with E-state index in [-0.39, 0.29) is 6.61 Å². The summed E-state index contributed by atoms with van der Waals surface area (Å²) in [7, 11) is 1.88. The third kappa shape index (κ3) is 4.46. The quantitative estimate of drug-likeness (QED) is 0.842. The highest BCUT2D eigenvalue weighted by Crippen LogP contribution is 2.23. The Bertz CT molecular complexity index is 728. The molecule has 1 aromatic heterocycles. The highest BCUT2D eigenvalue weighted by Gasteiger charge is 2.27. The molecule has 3 rings (SSSR count). The van der Waals surface area contributed by atoms with Gasteiger partial charge in [-0.3, -0.25) is 14.5 Å². The molecule has 1 unspecified atom stereocenters. The van der Waals surface area contributed by atoms with Gasteiger partial charge in [-0.05, 0) is 25.8 Å². The molecule has 6 heteroatoms. The average Bonchev–Trinajstić information content (AvgIpc) is 2.85. The summed E-state index contributed by atoms with van der Waals surface area (Å²) in [6.45, 7) is 9.04. The van der Waals surface area contributed by atoms with Crippen molar-refractivity contribution in [1.82, 2.24) is 19.6 Å². The Hall–Kier alpha value is -1.40. The van der Waals surface area contributed by atoms with Crippen LogP contribution in [-0.2, 0) is 20.1 Å². The van der Waals surface area contributed by atoms with E-state index in [2.05, 4.69) is 46.1 Å². The summed E-state index contributed by atoms with van der Waals surface area (Å²) in [5, 5.41) is 14.7. The normalized spacial score (nSPS) is 19.2. The zero-order valence-electron chi connectivity index (χ0n) is 16.0. The lowest BCUT2D eigenvalue weighted by Gasteiger charge is -2.41. The van der Waals surface area contributed by atoms with Crippen molar-refractivity contribution < 1.29 is 5.11 Å². The van der Waals surface area contributed by atoms with Crippen molar-refractivity contribution >= 4 is 11.6 Å². The van der Waals surface area contributed by atoms with Gasteiger partial charge in [0.15, 0.2) is 0 Å². The number of aliphatic hydroxyl groups is 1. The van der Waals surface area contributed by atoms with Gasteiger partial charge in [0.1, 0.15) is 5.15 Å². The molecule has 0 amide bonds. The van der Waals surface area contributed by atoms with E-state index < -0.39 is 0 Å². The van der Waals surface area contributed by atoms with Gasteiger partial charge >= 0.3 is 0 Å². The summed E-state index contributed by atoms with van der Waals surface area (Å²) in [6, 6.07) is 9.10. The van der Waals surface area contributed by atoms with Crippen molar-refractivity contribution in [1.29, 1.82) is 0 Å². The molecule has 1 aliphatic heterocycles. The van der Waals surface area contributed by atoms with Crippen LogP contribution in [0.15, 0.2) is 24.3 Å². The molecule has 1 aromatic carbocycles. The summed E-state index contributed by atoms with van der Waals surface area (Å²) in [5.74, 6) is 0. The molecule has 26 heavy (non-hydrogen) atoms. The maximum Gasteiger partial charge on any atom is 0.131 e. The van der Waals surface area contributed by atoms with Crippen LogP contribution in [0.25, 0.3) is 0 Å². The Morgan fingerprint density at radius 3 is 2.50 bits per heavy atom. The van der Waals surface area contributed by atoms with Crippen LogP contribution < -0.4 is 0 Å². The van der Waals surface area contributed by atoms with Gasteiger partial charge in [0, 0.05) is 58.0 Å². The number of nitrogens with zero attached hydrogens (tertiary/aromatic N) is 4. The number of benzene rings is 1. The van der Waals surface area contributed by atoms with Crippen LogP contribution in [0.2, 0.25) is 5.15 Å². The van der Waals surface area contributed by atoms with Gasteiger partial charge in [-0.1, -0.05) is 41.4 Å². The fraction of sp³-hybridized carbons (Fsp3) is 0.550. The van der Waals surface area contributed by atoms with E-state index in [1.165, 1.54) is 11.1 Å². The van der Waals surface area contributed by atoms with E-state index in [4.69, 9.17) is 11.6 Å². The van der Waals surface area contributed by atoms with Crippen LogP contribution in [0.4, 0.5) is 0 Å². The summed E-state index contributed by atoms with van der Waals surface area (Å²) in [5.41, 5.74) is 4.73. The van der Waals surface area contributed by atoms with Crippen molar-refractivity contribution in [2.45, 2.75) is 39.4 Å². The third-order valence-electron chi connectivity index (χ3n) is 5.31. The van der Waals surface area contributed by atoms with Crippen LogP contribution in [0.3, 0.4) is 0 Å². The predicted molar refractivity (Wildman–Crippen MR) is 105 cm³/mol. The minimum absolute atomic E-state index is 0.218. The van der Waals surface area contributed by atoms with E-state index in [9.17, 15) is 5.11 Å². The lowest BCUT2D eigenvalue weighted by atomic mass is 10.1. The van der Waals surface area contributed by atoms with Gasteiger partial charge in [-0.15, -0.1) is 0 Å². The number of rotatable bonds is 6. The fourth-order valence-corrected chi connectivity index (χ4v) is 3.97. The van der Waals surface area contributed by atoms with Crippen molar-refractivity contribution in [3.63, 3.8) is 0 Å². The first-order valence-electron chi connectivity index (χ1n) is 9.28. The predicted octanol–water partition coefficient (Wildman–Crippen LogP) is 2.76. The van der Waals surface area contributed by atoms with Gasteiger partial charge in [0.05, 0.1) is 5.69 Å². The van der Waals surface area contributed by atoms with Gasteiger partial charge in [-0.2, -0.15) is 5.10 Å². The first-order valence-corrected chi connectivity index (χ1v) is 9.66. The minimum Gasteiger partial charge on any atom is -0.396 e. The number of hydrogen-bond donors (Lipinski definition) is 1. The Labute approximate surface area is 161 Å². The molecule has 1 saturated heterocycles. The Kier molecular flexibility index (Phi) is 6.35. The zero-order valence-corrected chi connectivity index (χ0v) is 16.7. The summed E-state index contributed by atoms with van der Waals surface area (Å²) in [6.07, 6.45) is 0.794. The molecule has 142 valence electrons. The number of aryl methyl sites for hydroxylation is 3. The van der Waals surface area contributed by atoms with Crippen molar-refractivity contribution in [3.05, 3.63) is 51.8 Å². The molecule has 1 aliphatic rings. The first kappa shape index (κ1) is 19.4. The van der Waals surface area contributed by atoms with E-state index >= 15 is 0 Å². The minimum atomic E-state index is 0.218. The summed E-state index contributed by atoms with van der Waals surface area (Å²) < 4.78 is 1.74. The average molecular weight is 377 g/mol. The Balaban J connectivity index is 1.66. The van der Waals surface area contributed by atoms with Gasteiger partial charge in [0.25, 0.3) is 0 Å². The summed E-state index contributed by atoms with van der Waals surface area (Å²) in [4.78, 5) is 4.93. The maximum atomic E-state index is 9.53. The fourth-order valence-electron chi connectivity index (χ4n) is 3.74. The van der Waals surface area contributed by atoms with Crippen molar-refractivity contribution in [3.8, 4) is 0 Å². The topological polar surface area (TPSA) is 44.5 Å². The third-order valence-corrected chi connectivity index (χ3v) is 5.78. The first-order chi connectivity index (χ1) is 12.5. The highest BCUT2D eigenvalue weighted by molar-refractivity contribution is 6.30. The number of piperazine rings is 1.